The number of ketones is 1. The van der Waals surface area contributed by atoms with Gasteiger partial charge in [-0.15, -0.1) is 0 Å². The second kappa shape index (κ2) is 17.7. The van der Waals surface area contributed by atoms with Crippen LogP contribution in [0.5, 0.6) is 0 Å². The molecule has 0 fully saturated rings. The lowest BCUT2D eigenvalue weighted by Crippen LogP contribution is -2.36. The molecule has 1 unspecified atom stereocenters. The van der Waals surface area contributed by atoms with E-state index in [0.717, 1.165) is 19.3 Å². The number of Topliss-reactive ketones (excluding diaryl/α,β-unsaturated/α-hetero) is 1. The summed E-state index contributed by atoms with van der Waals surface area (Å²) >= 11 is 0. The number of hydrogen-bond donors (Lipinski definition) is 1. The maximum absolute atomic E-state index is 11.4. The van der Waals surface area contributed by atoms with Crippen molar-refractivity contribution in [2.24, 2.45) is 0 Å². The third-order valence-electron chi connectivity index (χ3n) is 4.48. The first-order valence-corrected chi connectivity index (χ1v) is 9.89. The summed E-state index contributed by atoms with van der Waals surface area (Å²) in [5.41, 5.74) is 0. The minimum atomic E-state index is -0.132. The SMILES string of the molecule is CCCCCCCCCCCCCCNC(CCC=O)C(C)=O. The maximum atomic E-state index is 11.4. The van der Waals surface area contributed by atoms with E-state index >= 15 is 0 Å². The van der Waals surface area contributed by atoms with Crippen LogP contribution in [0.1, 0.15) is 104 Å². The van der Waals surface area contributed by atoms with Crippen LogP contribution < -0.4 is 5.32 Å². The van der Waals surface area contributed by atoms with Crippen molar-refractivity contribution in [2.45, 2.75) is 110 Å². The molecule has 23 heavy (non-hydrogen) atoms. The fourth-order valence-corrected chi connectivity index (χ4v) is 2.93. The van der Waals surface area contributed by atoms with Gasteiger partial charge in [-0.25, -0.2) is 0 Å². The smallest absolute Gasteiger partial charge is 0.146 e. The summed E-state index contributed by atoms with van der Waals surface area (Å²) in [5.74, 6) is 0.144. The number of hydrogen-bond acceptors (Lipinski definition) is 3. The van der Waals surface area contributed by atoms with Gasteiger partial charge in [0.2, 0.25) is 0 Å². The van der Waals surface area contributed by atoms with Crippen LogP contribution in [0.4, 0.5) is 0 Å². The molecule has 0 aromatic rings. The molecule has 0 aromatic heterocycles. The van der Waals surface area contributed by atoms with Crippen molar-refractivity contribution < 1.29 is 9.59 Å². The van der Waals surface area contributed by atoms with Crippen molar-refractivity contribution >= 4 is 12.1 Å². The predicted octanol–water partition coefficient (Wildman–Crippen LogP) is 5.21. The van der Waals surface area contributed by atoms with E-state index in [2.05, 4.69) is 12.2 Å². The van der Waals surface area contributed by atoms with Gasteiger partial charge in [-0.3, -0.25) is 4.79 Å². The Bertz CT molecular complexity index is 279. The Morgan fingerprint density at radius 2 is 1.35 bits per heavy atom. The van der Waals surface area contributed by atoms with Crippen molar-refractivity contribution in [1.82, 2.24) is 5.32 Å². The molecule has 0 saturated carbocycles. The quantitative estimate of drug-likeness (QED) is 0.278. The van der Waals surface area contributed by atoms with Crippen LogP contribution in [-0.4, -0.2) is 24.7 Å². The summed E-state index contributed by atoms with van der Waals surface area (Å²) in [7, 11) is 0. The second-order valence-electron chi connectivity index (χ2n) is 6.75. The van der Waals surface area contributed by atoms with E-state index in [4.69, 9.17) is 0 Å². The van der Waals surface area contributed by atoms with Crippen LogP contribution in [0, 0.1) is 0 Å². The molecule has 0 bridgehead atoms. The van der Waals surface area contributed by atoms with Crippen molar-refractivity contribution in [3.05, 3.63) is 0 Å². The molecule has 3 nitrogen and oxygen atoms in total. The standard InChI is InChI=1S/C20H39NO2/c1-3-4-5-6-7-8-9-10-11-12-13-14-17-21-20(19(2)23)16-15-18-22/h18,20-21H,3-17H2,1-2H3. The Hall–Kier alpha value is -0.700. The van der Waals surface area contributed by atoms with Gasteiger partial charge in [-0.2, -0.15) is 0 Å². The van der Waals surface area contributed by atoms with Gasteiger partial charge in [0.05, 0.1) is 6.04 Å². The summed E-state index contributed by atoms with van der Waals surface area (Å²) in [5, 5.41) is 3.28. The van der Waals surface area contributed by atoms with Crippen LogP contribution in [0.2, 0.25) is 0 Å². The van der Waals surface area contributed by atoms with Crippen molar-refractivity contribution in [2.75, 3.05) is 6.54 Å². The Morgan fingerprint density at radius 1 is 0.870 bits per heavy atom. The third-order valence-corrected chi connectivity index (χ3v) is 4.48. The van der Waals surface area contributed by atoms with Gasteiger partial charge in [0.25, 0.3) is 0 Å². The highest BCUT2D eigenvalue weighted by molar-refractivity contribution is 5.81. The topological polar surface area (TPSA) is 46.2 Å². The zero-order chi connectivity index (χ0) is 17.2. The molecule has 1 N–H and O–H groups in total. The van der Waals surface area contributed by atoms with Crippen LogP contribution in [0.3, 0.4) is 0 Å². The van der Waals surface area contributed by atoms with Crippen molar-refractivity contribution in [1.29, 1.82) is 0 Å². The number of carbonyl (C=O) groups is 2. The second-order valence-corrected chi connectivity index (χ2v) is 6.75. The molecule has 0 aliphatic carbocycles. The Balaban J connectivity index is 3.28. The van der Waals surface area contributed by atoms with Crippen LogP contribution in [0.15, 0.2) is 0 Å². The van der Waals surface area contributed by atoms with Crippen LogP contribution in [-0.2, 0) is 9.59 Å². The van der Waals surface area contributed by atoms with E-state index < -0.39 is 0 Å². The first-order chi connectivity index (χ1) is 11.2. The average molecular weight is 326 g/mol. The fourth-order valence-electron chi connectivity index (χ4n) is 2.93. The highest BCUT2D eigenvalue weighted by Crippen LogP contribution is 2.11. The minimum Gasteiger partial charge on any atom is -0.307 e. The zero-order valence-corrected chi connectivity index (χ0v) is 15.6. The van der Waals surface area contributed by atoms with Gasteiger partial charge < -0.3 is 10.1 Å². The molecule has 0 spiro atoms. The highest BCUT2D eigenvalue weighted by atomic mass is 16.1. The van der Waals surface area contributed by atoms with Gasteiger partial charge in [0, 0.05) is 6.42 Å². The largest absolute Gasteiger partial charge is 0.307 e. The number of rotatable bonds is 18. The molecule has 0 heterocycles. The summed E-state index contributed by atoms with van der Waals surface area (Å²) in [6, 6.07) is -0.132. The number of unbranched alkanes of at least 4 members (excludes halogenated alkanes) is 11. The number of nitrogens with one attached hydrogen (secondary N) is 1. The molecule has 1 atom stereocenters. The maximum Gasteiger partial charge on any atom is 0.146 e. The van der Waals surface area contributed by atoms with Crippen LogP contribution in [0.25, 0.3) is 0 Å². The van der Waals surface area contributed by atoms with E-state index in [1.54, 1.807) is 6.92 Å². The predicted molar refractivity (Wildman–Crippen MR) is 98.8 cm³/mol. The molecule has 0 amide bonds. The van der Waals surface area contributed by atoms with Gasteiger partial charge in [-0.05, 0) is 26.3 Å². The molecule has 0 rings (SSSR count). The molecule has 0 aromatic carbocycles. The lowest BCUT2D eigenvalue weighted by atomic mass is 10.0. The van der Waals surface area contributed by atoms with E-state index in [1.807, 2.05) is 0 Å². The monoisotopic (exact) mass is 325 g/mol. The fraction of sp³-hybridized carbons (Fsp3) is 0.900. The summed E-state index contributed by atoms with van der Waals surface area (Å²) in [6.45, 7) is 4.76. The molecule has 3 heteroatoms. The van der Waals surface area contributed by atoms with E-state index in [1.165, 1.54) is 70.6 Å². The Labute approximate surface area is 144 Å². The lowest BCUT2D eigenvalue weighted by Gasteiger charge is -2.14. The van der Waals surface area contributed by atoms with E-state index in [-0.39, 0.29) is 11.8 Å². The van der Waals surface area contributed by atoms with Crippen molar-refractivity contribution in [3.8, 4) is 0 Å². The van der Waals surface area contributed by atoms with Gasteiger partial charge >= 0.3 is 0 Å². The number of aldehydes is 1. The normalized spacial score (nSPS) is 12.3. The molecular formula is C20H39NO2. The van der Waals surface area contributed by atoms with Gasteiger partial charge in [-0.1, -0.05) is 77.6 Å². The Morgan fingerprint density at radius 3 is 1.78 bits per heavy atom. The number of carbonyl (C=O) groups excluding carboxylic acids is 2. The molecular weight excluding hydrogens is 286 g/mol. The van der Waals surface area contributed by atoms with Crippen LogP contribution >= 0.6 is 0 Å². The van der Waals surface area contributed by atoms with Crippen molar-refractivity contribution in [3.63, 3.8) is 0 Å². The zero-order valence-electron chi connectivity index (χ0n) is 15.6. The molecule has 0 aliphatic heterocycles. The highest BCUT2D eigenvalue weighted by Gasteiger charge is 2.11. The minimum absolute atomic E-state index is 0.132. The van der Waals surface area contributed by atoms with Gasteiger partial charge in [0.15, 0.2) is 0 Å². The first kappa shape index (κ1) is 22.3. The van der Waals surface area contributed by atoms with Gasteiger partial charge in [0.1, 0.15) is 12.1 Å². The average Bonchev–Trinajstić information content (AvgIpc) is 2.54. The summed E-state index contributed by atoms with van der Waals surface area (Å²) in [4.78, 5) is 21.8. The lowest BCUT2D eigenvalue weighted by molar-refractivity contribution is -0.119. The summed E-state index contributed by atoms with van der Waals surface area (Å²) in [6.07, 6.45) is 18.1. The summed E-state index contributed by atoms with van der Waals surface area (Å²) < 4.78 is 0. The molecule has 136 valence electrons. The molecule has 0 aliphatic rings. The third kappa shape index (κ3) is 16.0. The van der Waals surface area contributed by atoms with E-state index in [0.29, 0.717) is 12.8 Å². The Kier molecular flexibility index (Phi) is 17.1. The first-order valence-electron chi connectivity index (χ1n) is 9.89. The molecule has 0 saturated heterocycles. The van der Waals surface area contributed by atoms with E-state index in [9.17, 15) is 9.59 Å². The molecule has 0 radical (unpaired) electrons.